The van der Waals surface area contributed by atoms with Gasteiger partial charge in [-0.3, -0.25) is 4.79 Å². The second-order valence-electron chi connectivity index (χ2n) is 7.79. The predicted octanol–water partition coefficient (Wildman–Crippen LogP) is 3.89. The molecule has 1 aliphatic carbocycles. The first-order valence-corrected chi connectivity index (χ1v) is 10.0. The Balaban J connectivity index is 1.51. The molecular weight excluding hydrogens is 442 g/mol. The highest BCUT2D eigenvalue weighted by Gasteiger charge is 2.53. The maximum Gasteiger partial charge on any atom is 0.417 e. The number of likely N-dealkylation sites (tertiary alicyclic amines) is 1. The van der Waals surface area contributed by atoms with Crippen LogP contribution < -0.4 is 4.74 Å². The Hall–Kier alpha value is -3.50. The van der Waals surface area contributed by atoms with Crippen LogP contribution in [0.1, 0.15) is 41.1 Å². The molecule has 0 radical (unpaired) electrons. The Morgan fingerprint density at radius 2 is 2.00 bits per heavy atom. The number of rotatable bonds is 4. The van der Waals surface area contributed by atoms with Crippen LogP contribution in [0.25, 0.3) is 5.69 Å². The third-order valence-corrected chi connectivity index (χ3v) is 5.84. The van der Waals surface area contributed by atoms with Crippen molar-refractivity contribution in [2.45, 2.75) is 44.0 Å². The molecule has 2 bridgehead atoms. The topological polar surface area (TPSA) is 73.1 Å². The van der Waals surface area contributed by atoms with Crippen molar-refractivity contribution < 1.29 is 32.6 Å². The van der Waals surface area contributed by atoms with Crippen LogP contribution >= 0.6 is 0 Å². The lowest BCUT2D eigenvalue weighted by Gasteiger charge is -2.38. The van der Waals surface area contributed by atoms with Crippen molar-refractivity contribution in [1.29, 1.82) is 0 Å². The highest BCUT2D eigenvalue weighted by atomic mass is 19.4. The van der Waals surface area contributed by atoms with Crippen molar-refractivity contribution in [1.82, 2.24) is 24.9 Å². The summed E-state index contributed by atoms with van der Waals surface area (Å²) in [6.07, 6.45) is -2.11. The van der Waals surface area contributed by atoms with Crippen molar-refractivity contribution in [2.75, 3.05) is 0 Å². The first-order valence-electron chi connectivity index (χ1n) is 12.0. The fourth-order valence-electron chi connectivity index (χ4n) is 4.36. The quantitative estimate of drug-likeness (QED) is 0.547. The molecule has 11 heteroatoms. The van der Waals surface area contributed by atoms with Gasteiger partial charge in [0.15, 0.2) is 5.82 Å². The summed E-state index contributed by atoms with van der Waals surface area (Å²) < 4.78 is 92.3. The number of hydrogen-bond donors (Lipinski definition) is 0. The van der Waals surface area contributed by atoms with Gasteiger partial charge < -0.3 is 9.64 Å². The second kappa shape index (κ2) is 7.82. The lowest BCUT2D eigenvalue weighted by molar-refractivity contribution is -0.137. The van der Waals surface area contributed by atoms with Gasteiger partial charge in [0, 0.05) is 22.4 Å². The number of carbonyl (C=O) groups is 1. The molecule has 1 aromatic carbocycles. The number of benzene rings is 1. The summed E-state index contributed by atoms with van der Waals surface area (Å²) in [5.41, 5.74) is -1.53. The Morgan fingerprint density at radius 3 is 2.67 bits per heavy atom. The smallest absolute Gasteiger partial charge is 0.417 e. The molecule has 2 aliphatic rings. The molecule has 1 aliphatic heterocycles. The van der Waals surface area contributed by atoms with E-state index in [9.17, 15) is 22.4 Å². The Bertz CT molecular complexity index is 1320. The van der Waals surface area contributed by atoms with Gasteiger partial charge in [-0.05, 0) is 43.8 Å². The molecule has 1 amide bonds. The van der Waals surface area contributed by atoms with Crippen molar-refractivity contribution in [3.8, 4) is 11.6 Å². The standard InChI is InChI=1S/C22H19F4N5O2/c1-12-13-9-17(18(10-13)33-19-6-5-14(11-27-19)22(24,25)26)30(12)21(32)15-3-2-4-16(23)20(15)31-28-7-8-29-31/h2-8,11-13,17-18H,9-10H2,1H3/i1D3,12D. The number of ether oxygens (including phenoxy) is 1. The molecule has 172 valence electrons. The summed E-state index contributed by atoms with van der Waals surface area (Å²) in [5.74, 6) is -2.75. The minimum Gasteiger partial charge on any atom is -0.472 e. The van der Waals surface area contributed by atoms with Crippen LogP contribution in [0.4, 0.5) is 17.6 Å². The normalized spacial score (nSPS) is 28.7. The molecular formula is C22H19F4N5O2. The highest BCUT2D eigenvalue weighted by molar-refractivity contribution is 5.98. The van der Waals surface area contributed by atoms with Gasteiger partial charge in [0.25, 0.3) is 5.91 Å². The minimum atomic E-state index is -4.59. The number of carbonyl (C=O) groups excluding carboxylic acids is 1. The highest BCUT2D eigenvalue weighted by Crippen LogP contribution is 2.45. The molecule has 7 nitrogen and oxygen atoms in total. The van der Waals surface area contributed by atoms with Crippen LogP contribution in [-0.2, 0) is 6.18 Å². The molecule has 1 saturated carbocycles. The first kappa shape index (κ1) is 17.0. The maximum absolute atomic E-state index is 14.8. The van der Waals surface area contributed by atoms with Crippen LogP contribution in [0.2, 0.25) is 0 Å². The molecule has 2 fully saturated rings. The van der Waals surface area contributed by atoms with Crippen LogP contribution in [0.5, 0.6) is 5.88 Å². The zero-order valence-corrected chi connectivity index (χ0v) is 16.8. The van der Waals surface area contributed by atoms with Crippen molar-refractivity contribution in [2.24, 2.45) is 5.92 Å². The van der Waals surface area contributed by atoms with Gasteiger partial charge in [-0.15, -0.1) is 4.80 Å². The summed E-state index contributed by atoms with van der Waals surface area (Å²) >= 11 is 0. The van der Waals surface area contributed by atoms with Gasteiger partial charge in [-0.2, -0.15) is 23.4 Å². The van der Waals surface area contributed by atoms with Gasteiger partial charge in [0.05, 0.1) is 30.9 Å². The summed E-state index contributed by atoms with van der Waals surface area (Å²) in [6, 6.07) is 2.20. The zero-order chi connectivity index (χ0) is 26.8. The molecule has 4 atom stereocenters. The predicted molar refractivity (Wildman–Crippen MR) is 107 cm³/mol. The number of pyridine rings is 1. The van der Waals surface area contributed by atoms with Crippen LogP contribution in [-0.4, -0.2) is 48.9 Å². The van der Waals surface area contributed by atoms with Gasteiger partial charge in [-0.1, -0.05) is 6.07 Å². The number of halogens is 4. The van der Waals surface area contributed by atoms with E-state index in [0.29, 0.717) is 6.20 Å². The van der Waals surface area contributed by atoms with Crippen molar-refractivity contribution in [3.05, 3.63) is 65.9 Å². The Morgan fingerprint density at radius 1 is 1.21 bits per heavy atom. The van der Waals surface area contributed by atoms with E-state index in [1.807, 2.05) is 0 Å². The van der Waals surface area contributed by atoms with E-state index in [1.165, 1.54) is 24.5 Å². The number of para-hydroxylation sites is 1. The number of fused-ring (bicyclic) bond motifs is 2. The number of alkyl halides is 3. The summed E-state index contributed by atoms with van der Waals surface area (Å²) in [7, 11) is 0. The third kappa shape index (κ3) is 3.70. The van der Waals surface area contributed by atoms with Crippen LogP contribution in [0.3, 0.4) is 0 Å². The lowest BCUT2D eigenvalue weighted by Crippen LogP contribution is -2.51. The average Bonchev–Trinajstić information content (AvgIpc) is 3.54. The zero-order valence-electron chi connectivity index (χ0n) is 20.8. The van der Waals surface area contributed by atoms with Crippen LogP contribution in [0, 0.1) is 11.7 Å². The van der Waals surface area contributed by atoms with E-state index >= 15 is 0 Å². The summed E-state index contributed by atoms with van der Waals surface area (Å²) in [5, 5.41) is 7.74. The van der Waals surface area contributed by atoms with E-state index in [0.717, 1.165) is 27.9 Å². The molecule has 0 spiro atoms. The van der Waals surface area contributed by atoms with Gasteiger partial charge in [0.2, 0.25) is 5.88 Å². The summed E-state index contributed by atoms with van der Waals surface area (Å²) in [6.45, 7) is -2.92. The molecule has 3 aromatic rings. The van der Waals surface area contributed by atoms with Gasteiger partial charge in [0.1, 0.15) is 11.8 Å². The number of aromatic nitrogens is 4. The van der Waals surface area contributed by atoms with E-state index in [2.05, 4.69) is 15.2 Å². The number of hydrogen-bond acceptors (Lipinski definition) is 5. The molecule has 1 saturated heterocycles. The molecule has 0 N–H and O–H groups in total. The number of amides is 1. The average molecular weight is 465 g/mol. The van der Waals surface area contributed by atoms with E-state index in [-0.39, 0.29) is 30.0 Å². The monoisotopic (exact) mass is 465 g/mol. The number of nitrogens with zero attached hydrogens (tertiary/aromatic N) is 5. The maximum atomic E-state index is 14.8. The molecule has 3 heterocycles. The van der Waals surface area contributed by atoms with Crippen molar-refractivity contribution in [3.63, 3.8) is 0 Å². The van der Waals surface area contributed by atoms with E-state index < -0.39 is 54.4 Å². The fourth-order valence-corrected chi connectivity index (χ4v) is 4.36. The van der Waals surface area contributed by atoms with Crippen LogP contribution in [0.15, 0.2) is 48.9 Å². The minimum absolute atomic E-state index is 0.0652. The SMILES string of the molecule is [2H]C([2H])([2H])C1([2H])C2CC(Oc3ccc(C(F)(F)F)cn3)C(C2)N1C(=O)c1cccc(F)c1-n1nccn1. The Labute approximate surface area is 191 Å². The van der Waals surface area contributed by atoms with Crippen molar-refractivity contribution >= 4 is 5.91 Å². The van der Waals surface area contributed by atoms with Gasteiger partial charge >= 0.3 is 6.18 Å². The third-order valence-electron chi connectivity index (χ3n) is 5.84. The summed E-state index contributed by atoms with van der Waals surface area (Å²) in [4.78, 5) is 19.3. The molecule has 5 rings (SSSR count). The largest absolute Gasteiger partial charge is 0.472 e. The molecule has 2 aromatic heterocycles. The number of piperidine rings is 1. The van der Waals surface area contributed by atoms with E-state index in [4.69, 9.17) is 10.2 Å². The molecule has 33 heavy (non-hydrogen) atoms. The fraction of sp³-hybridized carbons (Fsp3) is 0.364. The lowest BCUT2D eigenvalue weighted by atomic mass is 9.98. The first-order chi connectivity index (χ1) is 17.3. The molecule has 4 unspecified atom stereocenters. The van der Waals surface area contributed by atoms with Gasteiger partial charge in [-0.25, -0.2) is 9.37 Å². The van der Waals surface area contributed by atoms with E-state index in [1.54, 1.807) is 0 Å². The Kier molecular flexibility index (Phi) is 4.04. The second-order valence-corrected chi connectivity index (χ2v) is 7.79.